The fourth-order valence-electron chi connectivity index (χ4n) is 4.82. The van der Waals surface area contributed by atoms with Crippen LogP contribution in [-0.4, -0.2) is 27.9 Å². The molecule has 188 valence electrons. The number of aryl methyl sites for hydroxylation is 1. The predicted molar refractivity (Wildman–Crippen MR) is 132 cm³/mol. The maximum Gasteiger partial charge on any atom is 0.413 e. The van der Waals surface area contributed by atoms with E-state index in [4.69, 9.17) is 9.84 Å². The zero-order valence-corrected chi connectivity index (χ0v) is 21.0. The Bertz CT molecular complexity index is 932. The lowest BCUT2D eigenvalue weighted by Gasteiger charge is -2.34. The van der Waals surface area contributed by atoms with Gasteiger partial charge in [0, 0.05) is 30.9 Å². The molecule has 0 bridgehead atoms. The van der Waals surface area contributed by atoms with Crippen LogP contribution in [0.2, 0.25) is 0 Å². The highest BCUT2D eigenvalue weighted by molar-refractivity contribution is 5.85. The number of ether oxygens (including phenoxy) is 1. The van der Waals surface area contributed by atoms with Gasteiger partial charge in [0.05, 0.1) is 5.69 Å². The van der Waals surface area contributed by atoms with Crippen molar-refractivity contribution in [2.75, 3.05) is 5.32 Å². The number of amides is 1. The van der Waals surface area contributed by atoms with Crippen molar-refractivity contribution in [3.8, 4) is 0 Å². The summed E-state index contributed by atoms with van der Waals surface area (Å²) in [4.78, 5) is 12.5. The molecule has 3 fully saturated rings. The summed E-state index contributed by atoms with van der Waals surface area (Å²) in [6.45, 7) is 9.88. The summed E-state index contributed by atoms with van der Waals surface area (Å²) in [6, 6.07) is 0. The number of nitrogens with zero attached hydrogens (tertiary/aromatic N) is 2. The minimum absolute atomic E-state index is 0.0648. The van der Waals surface area contributed by atoms with Crippen LogP contribution in [0.4, 0.5) is 19.4 Å². The largest absolute Gasteiger partial charge is 0.445 e. The van der Waals surface area contributed by atoms with Gasteiger partial charge in [-0.15, -0.1) is 0 Å². The van der Waals surface area contributed by atoms with Gasteiger partial charge in [0.15, 0.2) is 0 Å². The van der Waals surface area contributed by atoms with Crippen molar-refractivity contribution in [2.24, 2.45) is 7.05 Å². The monoisotopic (exact) mass is 475 g/mol. The average molecular weight is 476 g/mol. The molecule has 7 heteroatoms. The van der Waals surface area contributed by atoms with Crippen LogP contribution in [-0.2, 0) is 17.2 Å². The van der Waals surface area contributed by atoms with Crippen LogP contribution in [0.3, 0.4) is 0 Å². The number of anilines is 1. The molecule has 0 radical (unpaired) electrons. The molecule has 1 aromatic rings. The quantitative estimate of drug-likeness (QED) is 0.228. The molecule has 3 saturated carbocycles. The second-order valence-corrected chi connectivity index (χ2v) is 9.49. The van der Waals surface area contributed by atoms with Crippen molar-refractivity contribution in [1.29, 1.82) is 0 Å². The minimum Gasteiger partial charge on any atom is -0.445 e. The summed E-state index contributed by atoms with van der Waals surface area (Å²) < 4.78 is 33.1. The first-order valence-electron chi connectivity index (χ1n) is 12.6. The van der Waals surface area contributed by atoms with Crippen molar-refractivity contribution in [3.05, 3.63) is 47.7 Å². The van der Waals surface area contributed by atoms with Gasteiger partial charge in [-0.25, -0.2) is 13.6 Å². The number of allylic oxidation sites excluding steroid dienone is 5. The van der Waals surface area contributed by atoms with Crippen molar-refractivity contribution in [3.63, 3.8) is 0 Å². The number of alkyl halides is 2. The van der Waals surface area contributed by atoms with Crippen LogP contribution in [0.5, 0.6) is 0 Å². The van der Waals surface area contributed by atoms with Gasteiger partial charge in [0.2, 0.25) is 0 Å². The van der Waals surface area contributed by atoms with E-state index in [-0.39, 0.29) is 5.41 Å². The number of rotatable bonds is 9. The number of unbranched alkanes of at least 4 members (excludes halogenated alkanes) is 1. The van der Waals surface area contributed by atoms with Crippen LogP contribution in [0, 0.1) is 0 Å². The lowest BCUT2D eigenvalue weighted by atomic mass is 9.76. The molecule has 1 N–H and O–H groups in total. The highest BCUT2D eigenvalue weighted by Crippen LogP contribution is 2.57. The number of carbonyl (C=O) groups is 1. The first kappa shape index (κ1) is 26.2. The Hall–Kier alpha value is -2.44. The number of carbonyl (C=O) groups excluding carboxylic acids is 1. The fraction of sp³-hybridized carbons (Fsp3) is 0.630. The highest BCUT2D eigenvalue weighted by Gasteiger charge is 2.51. The summed E-state index contributed by atoms with van der Waals surface area (Å²) in [5.74, 6) is -1.71. The van der Waals surface area contributed by atoms with Crippen molar-refractivity contribution in [1.82, 2.24) is 9.78 Å². The van der Waals surface area contributed by atoms with Gasteiger partial charge in [0.25, 0.3) is 5.92 Å². The maximum atomic E-state index is 13.1. The number of aromatic nitrogens is 2. The standard InChI is InChI=1S/C25H33F2N3O2.C2H6/c1-4-5-6-7-8-10-17(2)24(13-14-24)21-20(18-11-9-12-18)22(30(3)29-21)28-23(31)32-19-15-25(26,27)16-19;1-2/h4-6,10,18-19H,1,7-9,11-16H2,2-3H3,(H,28,31);1-2H3/b6-5?,17-10+;. The van der Waals surface area contributed by atoms with Crippen LogP contribution in [0.1, 0.15) is 95.7 Å². The van der Waals surface area contributed by atoms with Crippen molar-refractivity contribution < 1.29 is 18.3 Å². The van der Waals surface area contributed by atoms with Crippen molar-refractivity contribution in [2.45, 2.75) is 102 Å². The van der Waals surface area contributed by atoms with Gasteiger partial charge in [0.1, 0.15) is 11.9 Å². The van der Waals surface area contributed by atoms with Gasteiger partial charge >= 0.3 is 6.09 Å². The molecule has 0 saturated heterocycles. The molecular formula is C27H39F2N3O2. The normalized spacial score (nSPS) is 21.2. The Morgan fingerprint density at radius 2 is 1.94 bits per heavy atom. The van der Waals surface area contributed by atoms with Gasteiger partial charge in [-0.05, 0) is 51.4 Å². The smallest absolute Gasteiger partial charge is 0.413 e. The topological polar surface area (TPSA) is 56.2 Å². The average Bonchev–Trinajstić information content (AvgIpc) is 3.49. The van der Waals surface area contributed by atoms with E-state index in [0.717, 1.165) is 56.2 Å². The molecule has 0 spiro atoms. The maximum absolute atomic E-state index is 13.1. The molecule has 5 nitrogen and oxygen atoms in total. The summed E-state index contributed by atoms with van der Waals surface area (Å²) >= 11 is 0. The summed E-state index contributed by atoms with van der Waals surface area (Å²) in [5.41, 5.74) is 3.43. The van der Waals surface area contributed by atoms with E-state index in [1.54, 1.807) is 10.8 Å². The van der Waals surface area contributed by atoms with Gasteiger partial charge in [-0.2, -0.15) is 5.10 Å². The van der Waals surface area contributed by atoms with Crippen molar-refractivity contribution >= 4 is 11.9 Å². The van der Waals surface area contributed by atoms with E-state index < -0.39 is 31.0 Å². The zero-order valence-electron chi connectivity index (χ0n) is 21.0. The molecule has 0 unspecified atom stereocenters. The van der Waals surface area contributed by atoms with Crippen LogP contribution >= 0.6 is 0 Å². The molecule has 4 rings (SSSR count). The Morgan fingerprint density at radius 3 is 2.47 bits per heavy atom. The Balaban J connectivity index is 0.00000158. The van der Waals surface area contributed by atoms with Gasteiger partial charge in [-0.3, -0.25) is 10.00 Å². The van der Waals surface area contributed by atoms with Crippen LogP contribution < -0.4 is 5.32 Å². The fourth-order valence-corrected chi connectivity index (χ4v) is 4.82. The molecule has 1 amide bonds. The number of halogens is 2. The van der Waals surface area contributed by atoms with E-state index in [1.165, 1.54) is 5.57 Å². The lowest BCUT2D eigenvalue weighted by molar-refractivity contribution is -0.142. The first-order valence-corrected chi connectivity index (χ1v) is 12.6. The minimum atomic E-state index is -2.72. The van der Waals surface area contributed by atoms with Crippen LogP contribution in [0.15, 0.2) is 36.5 Å². The molecule has 0 aromatic carbocycles. The molecule has 1 aromatic heterocycles. The Kier molecular flexibility index (Phi) is 8.37. The summed E-state index contributed by atoms with van der Waals surface area (Å²) in [6.07, 6.45) is 13.3. The first-order chi connectivity index (χ1) is 16.3. The van der Waals surface area contributed by atoms with Gasteiger partial charge in [-0.1, -0.05) is 56.7 Å². The second-order valence-electron chi connectivity index (χ2n) is 9.49. The zero-order chi connectivity index (χ0) is 24.9. The molecule has 34 heavy (non-hydrogen) atoms. The van der Waals surface area contributed by atoms with E-state index in [0.29, 0.717) is 11.7 Å². The van der Waals surface area contributed by atoms with E-state index >= 15 is 0 Å². The SMILES string of the molecule is C=CC=CCC/C=C(\C)C1(c2nn(C)c(NC(=O)OC3CC(F)(F)C3)c2C2CCC2)CC1.CC. The third-order valence-corrected chi connectivity index (χ3v) is 7.16. The predicted octanol–water partition coefficient (Wildman–Crippen LogP) is 7.56. The highest BCUT2D eigenvalue weighted by atomic mass is 19.3. The number of hydrogen-bond donors (Lipinski definition) is 1. The second kappa shape index (κ2) is 10.9. The summed E-state index contributed by atoms with van der Waals surface area (Å²) in [7, 11) is 1.83. The Labute approximate surface area is 202 Å². The number of hydrogen-bond acceptors (Lipinski definition) is 3. The van der Waals surface area contributed by atoms with E-state index in [9.17, 15) is 13.6 Å². The van der Waals surface area contributed by atoms with Gasteiger partial charge < -0.3 is 4.74 Å². The molecular weight excluding hydrogens is 436 g/mol. The third kappa shape index (κ3) is 5.61. The summed E-state index contributed by atoms with van der Waals surface area (Å²) in [5, 5.41) is 7.71. The van der Waals surface area contributed by atoms with Crippen LogP contribution in [0.25, 0.3) is 0 Å². The Morgan fingerprint density at radius 1 is 1.26 bits per heavy atom. The molecule has 3 aliphatic carbocycles. The van der Waals surface area contributed by atoms with E-state index in [2.05, 4.69) is 31.0 Å². The van der Waals surface area contributed by atoms with E-state index in [1.807, 2.05) is 27.0 Å². The lowest BCUT2D eigenvalue weighted by Crippen LogP contribution is -2.43. The molecule has 1 heterocycles. The third-order valence-electron chi connectivity index (χ3n) is 7.16. The number of nitrogens with one attached hydrogen (secondary N) is 1. The molecule has 0 atom stereocenters. The molecule has 0 aliphatic heterocycles. The molecule has 3 aliphatic rings.